The highest BCUT2D eigenvalue weighted by atomic mass is 35.5. The van der Waals surface area contributed by atoms with Gasteiger partial charge in [0.1, 0.15) is 17.6 Å². The van der Waals surface area contributed by atoms with Crippen LogP contribution >= 0.6 is 23.2 Å². The second-order valence-electron chi connectivity index (χ2n) is 9.94. The van der Waals surface area contributed by atoms with Gasteiger partial charge in [-0.2, -0.15) is 0 Å². The summed E-state index contributed by atoms with van der Waals surface area (Å²) in [6.07, 6.45) is 0. The first-order valence-electron chi connectivity index (χ1n) is 11.9. The molecule has 0 fully saturated rings. The lowest BCUT2D eigenvalue weighted by atomic mass is 9.86. The molecule has 3 aromatic carbocycles. The predicted octanol–water partition coefficient (Wildman–Crippen LogP) is 8.77. The molecule has 5 heteroatoms. The highest BCUT2D eigenvalue weighted by molar-refractivity contribution is 6.30. The monoisotopic (exact) mass is 506 g/mol. The van der Waals surface area contributed by atoms with E-state index in [9.17, 15) is 0 Å². The van der Waals surface area contributed by atoms with E-state index in [1.165, 1.54) is 5.56 Å². The van der Waals surface area contributed by atoms with E-state index in [0.717, 1.165) is 34.0 Å². The number of aliphatic imine (C=N–C) groups is 1. The number of benzene rings is 3. The Morgan fingerprint density at radius 3 is 2.03 bits per heavy atom. The van der Waals surface area contributed by atoms with Crippen LogP contribution in [-0.2, 0) is 5.41 Å². The summed E-state index contributed by atoms with van der Waals surface area (Å²) in [6.45, 7) is 15.6. The third-order valence-corrected chi connectivity index (χ3v) is 6.79. The van der Waals surface area contributed by atoms with Crippen molar-refractivity contribution in [2.75, 3.05) is 6.61 Å². The van der Waals surface area contributed by atoms with E-state index < -0.39 is 0 Å². The Hall–Kier alpha value is -2.75. The molecule has 35 heavy (non-hydrogen) atoms. The van der Waals surface area contributed by atoms with Gasteiger partial charge in [-0.25, -0.2) is 0 Å². The van der Waals surface area contributed by atoms with Crippen molar-refractivity contribution in [1.82, 2.24) is 4.90 Å². The fourth-order valence-corrected chi connectivity index (χ4v) is 4.76. The van der Waals surface area contributed by atoms with Crippen molar-refractivity contribution in [2.45, 2.75) is 52.1 Å². The average molecular weight is 508 g/mol. The van der Waals surface area contributed by atoms with Gasteiger partial charge in [0.2, 0.25) is 0 Å². The maximum atomic E-state index is 6.23. The molecule has 0 saturated carbocycles. The molecule has 0 aromatic heterocycles. The molecule has 0 amide bonds. The van der Waals surface area contributed by atoms with E-state index in [1.54, 1.807) is 0 Å². The number of halogens is 2. The SMILES string of the molecule is C=C(C)N1C(c2ccc(C(C)(C)C)cc2OCC)=NC(c2ccc(Cl)cc2)C1c1ccc(Cl)cc1. The molecule has 1 aliphatic heterocycles. The molecule has 1 heterocycles. The fourth-order valence-electron chi connectivity index (χ4n) is 4.51. The Morgan fingerprint density at radius 2 is 1.51 bits per heavy atom. The fraction of sp³-hybridized carbons (Fsp3) is 0.300. The van der Waals surface area contributed by atoms with Crippen molar-refractivity contribution in [1.29, 1.82) is 0 Å². The highest BCUT2D eigenvalue weighted by Gasteiger charge is 2.40. The molecule has 4 rings (SSSR count). The first kappa shape index (κ1) is 25.3. The maximum Gasteiger partial charge on any atom is 0.140 e. The number of ether oxygens (including phenoxy) is 1. The number of hydrogen-bond acceptors (Lipinski definition) is 3. The van der Waals surface area contributed by atoms with Crippen LogP contribution in [0.15, 0.2) is 84.0 Å². The zero-order valence-electron chi connectivity index (χ0n) is 21.0. The molecule has 182 valence electrons. The number of hydrogen-bond donors (Lipinski definition) is 0. The summed E-state index contributed by atoms with van der Waals surface area (Å²) < 4.78 is 6.15. The second kappa shape index (κ2) is 10.1. The van der Waals surface area contributed by atoms with Crippen LogP contribution in [-0.4, -0.2) is 17.3 Å². The molecule has 0 aliphatic carbocycles. The van der Waals surface area contributed by atoms with Crippen LogP contribution in [0.5, 0.6) is 5.75 Å². The molecule has 3 nitrogen and oxygen atoms in total. The van der Waals surface area contributed by atoms with E-state index in [4.69, 9.17) is 32.9 Å². The van der Waals surface area contributed by atoms with E-state index >= 15 is 0 Å². The zero-order valence-corrected chi connectivity index (χ0v) is 22.5. The molecule has 0 bridgehead atoms. The molecule has 0 N–H and O–H groups in total. The summed E-state index contributed by atoms with van der Waals surface area (Å²) in [5.41, 5.74) is 5.28. The summed E-state index contributed by atoms with van der Waals surface area (Å²) >= 11 is 12.4. The summed E-state index contributed by atoms with van der Waals surface area (Å²) in [6, 6.07) is 22.1. The van der Waals surface area contributed by atoms with Gasteiger partial charge in [-0.05, 0) is 72.4 Å². The van der Waals surface area contributed by atoms with Crippen molar-refractivity contribution in [3.05, 3.63) is 111 Å². The Morgan fingerprint density at radius 1 is 0.943 bits per heavy atom. The molecule has 0 radical (unpaired) electrons. The number of nitrogens with zero attached hydrogens (tertiary/aromatic N) is 2. The molecule has 0 saturated heterocycles. The largest absolute Gasteiger partial charge is 0.493 e. The first-order valence-corrected chi connectivity index (χ1v) is 12.7. The third-order valence-electron chi connectivity index (χ3n) is 6.29. The van der Waals surface area contributed by atoms with Gasteiger partial charge in [-0.3, -0.25) is 4.99 Å². The molecular formula is C30H32Cl2N2O. The van der Waals surface area contributed by atoms with Gasteiger partial charge in [-0.1, -0.05) is 80.9 Å². The van der Waals surface area contributed by atoms with Gasteiger partial charge in [0.15, 0.2) is 0 Å². The Labute approximate surface area is 219 Å². The van der Waals surface area contributed by atoms with Crippen LogP contribution in [0.2, 0.25) is 10.0 Å². The van der Waals surface area contributed by atoms with Crippen molar-refractivity contribution in [3.63, 3.8) is 0 Å². The van der Waals surface area contributed by atoms with Gasteiger partial charge in [-0.15, -0.1) is 0 Å². The van der Waals surface area contributed by atoms with E-state index in [1.807, 2.05) is 50.2 Å². The lowest BCUT2D eigenvalue weighted by Gasteiger charge is -2.32. The number of rotatable bonds is 6. The van der Waals surface area contributed by atoms with Gasteiger partial charge in [0.05, 0.1) is 18.2 Å². The lowest BCUT2D eigenvalue weighted by molar-refractivity contribution is 0.336. The zero-order chi connectivity index (χ0) is 25.3. The van der Waals surface area contributed by atoms with Crippen LogP contribution in [0.1, 0.15) is 69.0 Å². The molecule has 3 aromatic rings. The Bertz CT molecular complexity index is 1240. The summed E-state index contributed by atoms with van der Waals surface area (Å²) in [5.74, 6) is 1.68. The highest BCUT2D eigenvalue weighted by Crippen LogP contribution is 2.46. The van der Waals surface area contributed by atoms with Crippen molar-refractivity contribution >= 4 is 29.0 Å². The smallest absolute Gasteiger partial charge is 0.140 e. The molecule has 1 aliphatic rings. The minimum Gasteiger partial charge on any atom is -0.493 e. The topological polar surface area (TPSA) is 24.8 Å². The Balaban J connectivity index is 1.91. The van der Waals surface area contributed by atoms with Gasteiger partial charge >= 0.3 is 0 Å². The van der Waals surface area contributed by atoms with Crippen LogP contribution in [0, 0.1) is 0 Å². The van der Waals surface area contributed by atoms with Crippen molar-refractivity contribution in [3.8, 4) is 5.75 Å². The summed E-state index contributed by atoms with van der Waals surface area (Å²) in [7, 11) is 0. The predicted molar refractivity (Wildman–Crippen MR) is 148 cm³/mol. The molecule has 2 atom stereocenters. The van der Waals surface area contributed by atoms with Crippen molar-refractivity contribution in [2.24, 2.45) is 4.99 Å². The minimum atomic E-state index is -0.156. The molecular weight excluding hydrogens is 475 g/mol. The normalized spacial score (nSPS) is 17.9. The maximum absolute atomic E-state index is 6.23. The lowest BCUT2D eigenvalue weighted by Crippen LogP contribution is -2.30. The van der Waals surface area contributed by atoms with Crippen molar-refractivity contribution < 1.29 is 4.74 Å². The molecule has 0 spiro atoms. The van der Waals surface area contributed by atoms with E-state index in [-0.39, 0.29) is 17.5 Å². The van der Waals surface area contributed by atoms with Gasteiger partial charge < -0.3 is 9.64 Å². The van der Waals surface area contributed by atoms with Crippen LogP contribution in [0.3, 0.4) is 0 Å². The van der Waals surface area contributed by atoms with Crippen LogP contribution in [0.4, 0.5) is 0 Å². The number of amidine groups is 1. The Kier molecular flexibility index (Phi) is 7.30. The van der Waals surface area contributed by atoms with Gasteiger partial charge in [0, 0.05) is 15.7 Å². The standard InChI is InChI=1S/C30H32Cl2N2O/c1-7-35-26-18-22(30(4,5)6)12-17-25(26)29-33-27(20-8-13-23(31)14-9-20)28(34(29)19(2)3)21-10-15-24(32)16-11-21/h8-18,27-28H,2,7H2,1,3-6H3. The summed E-state index contributed by atoms with van der Waals surface area (Å²) in [4.78, 5) is 7.52. The first-order chi connectivity index (χ1) is 16.6. The third kappa shape index (κ3) is 5.27. The summed E-state index contributed by atoms with van der Waals surface area (Å²) in [5, 5.41) is 1.40. The minimum absolute atomic E-state index is 0.00753. The van der Waals surface area contributed by atoms with Crippen LogP contribution in [0.25, 0.3) is 0 Å². The average Bonchev–Trinajstić information content (AvgIpc) is 3.20. The van der Waals surface area contributed by atoms with E-state index in [2.05, 4.69) is 62.6 Å². The van der Waals surface area contributed by atoms with Crippen LogP contribution < -0.4 is 4.74 Å². The number of allylic oxidation sites excluding steroid dienone is 1. The molecule has 2 unspecified atom stereocenters. The van der Waals surface area contributed by atoms with Gasteiger partial charge in [0.25, 0.3) is 0 Å². The quantitative estimate of drug-likeness (QED) is 0.333. The second-order valence-corrected chi connectivity index (χ2v) is 10.8. The van der Waals surface area contributed by atoms with E-state index in [0.29, 0.717) is 16.7 Å².